The Labute approximate surface area is 127 Å². The van der Waals surface area contributed by atoms with Crippen LogP contribution in [0.1, 0.15) is 59.1 Å². The maximum atomic E-state index is 3.80. The first-order chi connectivity index (χ1) is 8.88. The fourth-order valence-electron chi connectivity index (χ4n) is 2.57. The van der Waals surface area contributed by atoms with Gasteiger partial charge in [0.05, 0.1) is 0 Å². The summed E-state index contributed by atoms with van der Waals surface area (Å²) < 4.78 is 1.14. The molecule has 0 aliphatic carbocycles. The van der Waals surface area contributed by atoms with Crippen molar-refractivity contribution in [3.8, 4) is 0 Å². The van der Waals surface area contributed by atoms with E-state index in [1.165, 1.54) is 18.4 Å². The van der Waals surface area contributed by atoms with Crippen molar-refractivity contribution in [3.63, 3.8) is 0 Å². The molecule has 0 amide bonds. The largest absolute Gasteiger partial charge is 0.307 e. The zero-order valence-corrected chi connectivity index (χ0v) is 14.5. The van der Waals surface area contributed by atoms with Gasteiger partial charge in [0.25, 0.3) is 0 Å². The minimum absolute atomic E-state index is 0.413. The van der Waals surface area contributed by atoms with Crippen LogP contribution in [0.3, 0.4) is 0 Å². The van der Waals surface area contributed by atoms with Crippen molar-refractivity contribution in [2.24, 2.45) is 11.8 Å². The molecule has 2 heteroatoms. The summed E-state index contributed by atoms with van der Waals surface area (Å²) in [5, 5.41) is 3.80. The molecule has 0 spiro atoms. The van der Waals surface area contributed by atoms with Gasteiger partial charge in [0.15, 0.2) is 0 Å². The molecule has 0 radical (unpaired) electrons. The third-order valence-corrected chi connectivity index (χ3v) is 3.90. The normalized spacial score (nSPS) is 13.5. The summed E-state index contributed by atoms with van der Waals surface area (Å²) in [7, 11) is 0. The first-order valence-electron chi connectivity index (χ1n) is 7.40. The van der Waals surface area contributed by atoms with Gasteiger partial charge in [-0.15, -0.1) is 0 Å². The molecule has 0 saturated carbocycles. The van der Waals surface area contributed by atoms with E-state index in [2.05, 4.69) is 80.1 Å². The van der Waals surface area contributed by atoms with Crippen LogP contribution in [0.4, 0.5) is 0 Å². The number of halogens is 1. The average Bonchev–Trinajstić information content (AvgIpc) is 2.27. The Morgan fingerprint density at radius 1 is 0.895 bits per heavy atom. The molecule has 1 aromatic rings. The fraction of sp³-hybridized carbons (Fsp3) is 0.647. The van der Waals surface area contributed by atoms with E-state index in [4.69, 9.17) is 0 Å². The van der Waals surface area contributed by atoms with Crippen LogP contribution in [-0.2, 0) is 0 Å². The maximum absolute atomic E-state index is 3.80. The Kier molecular flexibility index (Phi) is 7.09. The lowest BCUT2D eigenvalue weighted by Gasteiger charge is -2.26. The maximum Gasteiger partial charge on any atom is 0.0294 e. The summed E-state index contributed by atoms with van der Waals surface area (Å²) in [6.45, 7) is 11.5. The van der Waals surface area contributed by atoms with Crippen molar-refractivity contribution < 1.29 is 0 Å². The summed E-state index contributed by atoms with van der Waals surface area (Å²) in [6.07, 6.45) is 2.50. The highest BCUT2D eigenvalue weighted by molar-refractivity contribution is 9.10. The highest BCUT2D eigenvalue weighted by Crippen LogP contribution is 2.20. The Bertz CT molecular complexity index is 346. The fourth-order valence-corrected chi connectivity index (χ4v) is 2.84. The summed E-state index contributed by atoms with van der Waals surface area (Å²) >= 11 is 3.49. The number of benzene rings is 1. The third-order valence-electron chi connectivity index (χ3n) is 3.37. The van der Waals surface area contributed by atoms with Crippen molar-refractivity contribution in [1.29, 1.82) is 0 Å². The molecule has 1 N–H and O–H groups in total. The van der Waals surface area contributed by atoms with Gasteiger partial charge in [-0.3, -0.25) is 0 Å². The van der Waals surface area contributed by atoms with Crippen LogP contribution in [0.2, 0.25) is 0 Å². The van der Waals surface area contributed by atoms with E-state index in [-0.39, 0.29) is 0 Å². The first-order valence-corrected chi connectivity index (χ1v) is 8.19. The molecule has 0 unspecified atom stereocenters. The number of hydrogen-bond acceptors (Lipinski definition) is 1. The predicted molar refractivity (Wildman–Crippen MR) is 88.4 cm³/mol. The smallest absolute Gasteiger partial charge is 0.0294 e. The second-order valence-electron chi connectivity index (χ2n) is 6.40. The van der Waals surface area contributed by atoms with Crippen LogP contribution >= 0.6 is 15.9 Å². The van der Waals surface area contributed by atoms with Crippen molar-refractivity contribution in [3.05, 3.63) is 34.3 Å². The number of rotatable bonds is 7. The lowest BCUT2D eigenvalue weighted by Crippen LogP contribution is -2.33. The molecule has 0 heterocycles. The van der Waals surface area contributed by atoms with E-state index in [9.17, 15) is 0 Å². The van der Waals surface area contributed by atoms with E-state index in [1.54, 1.807) is 0 Å². The number of hydrogen-bond donors (Lipinski definition) is 1. The van der Waals surface area contributed by atoms with E-state index in [1.807, 2.05) is 0 Å². The molecule has 0 saturated heterocycles. The monoisotopic (exact) mass is 325 g/mol. The van der Waals surface area contributed by atoms with Crippen LogP contribution in [0.5, 0.6) is 0 Å². The molecule has 0 aromatic heterocycles. The predicted octanol–water partition coefficient (Wildman–Crippen LogP) is 5.56. The van der Waals surface area contributed by atoms with Crippen LogP contribution in [-0.4, -0.2) is 6.04 Å². The van der Waals surface area contributed by atoms with Gasteiger partial charge in [0.1, 0.15) is 0 Å². The highest BCUT2D eigenvalue weighted by atomic mass is 79.9. The van der Waals surface area contributed by atoms with Gasteiger partial charge >= 0.3 is 0 Å². The molecule has 0 fully saturated rings. The molecule has 1 rings (SSSR count). The summed E-state index contributed by atoms with van der Waals surface area (Å²) in [5.74, 6) is 1.49. The minimum atomic E-state index is 0.413. The lowest BCUT2D eigenvalue weighted by molar-refractivity contribution is 0.335. The van der Waals surface area contributed by atoms with Crippen molar-refractivity contribution in [1.82, 2.24) is 5.32 Å². The molecule has 1 aromatic carbocycles. The van der Waals surface area contributed by atoms with Crippen LogP contribution in [0.15, 0.2) is 28.7 Å². The van der Waals surface area contributed by atoms with Crippen LogP contribution in [0, 0.1) is 11.8 Å². The van der Waals surface area contributed by atoms with Gasteiger partial charge in [-0.05, 0) is 49.3 Å². The molecule has 0 aliphatic heterocycles. The summed E-state index contributed by atoms with van der Waals surface area (Å²) in [4.78, 5) is 0. The van der Waals surface area contributed by atoms with Crippen molar-refractivity contribution in [2.45, 2.75) is 59.5 Å². The van der Waals surface area contributed by atoms with Gasteiger partial charge in [-0.2, -0.15) is 0 Å². The van der Waals surface area contributed by atoms with E-state index >= 15 is 0 Å². The molecular formula is C17H28BrN. The minimum Gasteiger partial charge on any atom is -0.307 e. The standard InChI is InChI=1S/C17H28BrN/c1-12(2)10-17(11-13(3)4)19-14(5)15-6-8-16(18)9-7-15/h6-9,12-14,17,19H,10-11H2,1-5H3/t14-/m1/s1. The van der Waals surface area contributed by atoms with E-state index in [0.29, 0.717) is 12.1 Å². The second kappa shape index (κ2) is 8.06. The Hall–Kier alpha value is -0.340. The molecule has 19 heavy (non-hydrogen) atoms. The van der Waals surface area contributed by atoms with Crippen molar-refractivity contribution >= 4 is 15.9 Å². The van der Waals surface area contributed by atoms with Gasteiger partial charge in [-0.25, -0.2) is 0 Å². The molecule has 0 bridgehead atoms. The third kappa shape index (κ3) is 6.58. The highest BCUT2D eigenvalue weighted by Gasteiger charge is 2.16. The van der Waals surface area contributed by atoms with Gasteiger partial charge in [0, 0.05) is 16.6 Å². The average molecular weight is 326 g/mol. The zero-order chi connectivity index (χ0) is 14.4. The molecule has 1 atom stereocenters. The summed E-state index contributed by atoms with van der Waals surface area (Å²) in [5.41, 5.74) is 1.36. The Morgan fingerprint density at radius 3 is 1.79 bits per heavy atom. The van der Waals surface area contributed by atoms with E-state index < -0.39 is 0 Å². The quantitative estimate of drug-likeness (QED) is 0.691. The first kappa shape index (κ1) is 16.7. The van der Waals surface area contributed by atoms with Gasteiger partial charge in [-0.1, -0.05) is 55.8 Å². The Morgan fingerprint density at radius 2 is 1.37 bits per heavy atom. The van der Waals surface area contributed by atoms with Crippen molar-refractivity contribution in [2.75, 3.05) is 0 Å². The lowest BCUT2D eigenvalue weighted by atomic mass is 9.94. The van der Waals surface area contributed by atoms with Crippen LogP contribution in [0.25, 0.3) is 0 Å². The topological polar surface area (TPSA) is 12.0 Å². The molecule has 1 nitrogen and oxygen atoms in total. The second-order valence-corrected chi connectivity index (χ2v) is 7.31. The molecular weight excluding hydrogens is 298 g/mol. The molecule has 0 aliphatic rings. The SMILES string of the molecule is CC(C)CC(CC(C)C)N[C@H](C)c1ccc(Br)cc1. The Balaban J connectivity index is 2.63. The van der Waals surface area contributed by atoms with Crippen LogP contribution < -0.4 is 5.32 Å². The summed E-state index contributed by atoms with van der Waals surface area (Å²) in [6, 6.07) is 9.66. The number of nitrogens with one attached hydrogen (secondary N) is 1. The van der Waals surface area contributed by atoms with Gasteiger partial charge in [0.2, 0.25) is 0 Å². The van der Waals surface area contributed by atoms with Gasteiger partial charge < -0.3 is 5.32 Å². The zero-order valence-electron chi connectivity index (χ0n) is 12.9. The molecule has 108 valence electrons. The van der Waals surface area contributed by atoms with E-state index in [0.717, 1.165) is 16.3 Å².